The molecule has 0 aliphatic rings. The number of para-hydroxylation sites is 3. The summed E-state index contributed by atoms with van der Waals surface area (Å²) < 4.78 is 7.40. The van der Waals surface area contributed by atoms with Gasteiger partial charge >= 0.3 is 0 Å². The molecule has 0 radical (unpaired) electrons. The van der Waals surface area contributed by atoms with Crippen LogP contribution in [0, 0.1) is 0 Å². The molecule has 0 amide bonds. The van der Waals surface area contributed by atoms with Gasteiger partial charge in [-0.05, 0) is 47.5 Å². The summed E-state index contributed by atoms with van der Waals surface area (Å²) in [6, 6.07) is 22.7. The lowest BCUT2D eigenvalue weighted by Gasteiger charge is -2.13. The van der Waals surface area contributed by atoms with Gasteiger partial charge in [-0.1, -0.05) is 30.3 Å². The predicted octanol–water partition coefficient (Wildman–Crippen LogP) is 4.42. The van der Waals surface area contributed by atoms with Crippen molar-refractivity contribution in [1.82, 2.24) is 19.5 Å². The largest absolute Gasteiger partial charge is 0.472 e. The fourth-order valence-corrected chi connectivity index (χ4v) is 3.44. The van der Waals surface area contributed by atoms with E-state index in [9.17, 15) is 4.79 Å². The van der Waals surface area contributed by atoms with Gasteiger partial charge in [0.1, 0.15) is 6.61 Å². The van der Waals surface area contributed by atoms with Crippen molar-refractivity contribution in [3.8, 4) is 22.7 Å². The molecule has 0 aliphatic heterocycles. The highest BCUT2D eigenvalue weighted by atomic mass is 16.5. The minimum atomic E-state index is -0.132. The third kappa shape index (κ3) is 3.91. The number of pyridine rings is 2. The Morgan fingerprint density at radius 1 is 0.871 bits per heavy atom. The Balaban J connectivity index is 1.40. The molecule has 5 rings (SSSR count). The van der Waals surface area contributed by atoms with E-state index in [1.807, 2.05) is 66.7 Å². The van der Waals surface area contributed by atoms with E-state index in [-0.39, 0.29) is 12.2 Å². The molecule has 0 saturated heterocycles. The predicted molar refractivity (Wildman–Crippen MR) is 119 cm³/mol. The minimum Gasteiger partial charge on any atom is -0.472 e. The Hall–Kier alpha value is -4.32. The van der Waals surface area contributed by atoms with E-state index < -0.39 is 0 Å². The van der Waals surface area contributed by atoms with Crippen LogP contribution in [0.3, 0.4) is 0 Å². The van der Waals surface area contributed by atoms with Crippen molar-refractivity contribution in [3.63, 3.8) is 0 Å². The Labute approximate surface area is 178 Å². The van der Waals surface area contributed by atoms with Gasteiger partial charge in [0.2, 0.25) is 5.88 Å². The van der Waals surface area contributed by atoms with E-state index >= 15 is 0 Å². The smallest absolute Gasteiger partial charge is 0.255 e. The van der Waals surface area contributed by atoms with Crippen molar-refractivity contribution in [3.05, 3.63) is 114 Å². The molecule has 150 valence electrons. The topological polar surface area (TPSA) is 69.9 Å². The van der Waals surface area contributed by atoms with Crippen LogP contribution in [0.15, 0.2) is 102 Å². The van der Waals surface area contributed by atoms with Crippen LogP contribution in [0.5, 0.6) is 5.88 Å². The summed E-state index contributed by atoms with van der Waals surface area (Å²) in [4.78, 5) is 25.7. The van der Waals surface area contributed by atoms with Crippen molar-refractivity contribution < 1.29 is 4.74 Å². The van der Waals surface area contributed by atoms with Gasteiger partial charge in [-0.15, -0.1) is 0 Å². The first kappa shape index (κ1) is 18.7. The van der Waals surface area contributed by atoms with Crippen LogP contribution in [0.25, 0.3) is 27.8 Å². The molecule has 0 saturated carbocycles. The summed E-state index contributed by atoms with van der Waals surface area (Å²) in [5.74, 6) is 0.422. The molecule has 0 spiro atoms. The Morgan fingerprint density at radius 3 is 2.48 bits per heavy atom. The van der Waals surface area contributed by atoms with Gasteiger partial charge in [0, 0.05) is 30.2 Å². The van der Waals surface area contributed by atoms with Gasteiger partial charge in [-0.25, -0.2) is 9.97 Å². The van der Waals surface area contributed by atoms with Crippen molar-refractivity contribution in [2.45, 2.75) is 6.61 Å². The summed E-state index contributed by atoms with van der Waals surface area (Å²) in [5.41, 5.74) is 4.98. The van der Waals surface area contributed by atoms with E-state index in [4.69, 9.17) is 4.74 Å². The van der Waals surface area contributed by atoms with Gasteiger partial charge in [0.15, 0.2) is 0 Å². The van der Waals surface area contributed by atoms with Crippen LogP contribution >= 0.6 is 0 Å². The van der Waals surface area contributed by atoms with Crippen molar-refractivity contribution >= 4 is 11.0 Å². The zero-order chi connectivity index (χ0) is 21.0. The average Bonchev–Trinajstić information content (AvgIpc) is 2.83. The van der Waals surface area contributed by atoms with Crippen LogP contribution in [-0.4, -0.2) is 19.5 Å². The maximum Gasteiger partial charge on any atom is 0.255 e. The lowest BCUT2D eigenvalue weighted by atomic mass is 10.0. The molecule has 0 N–H and O–H groups in total. The number of hydrogen-bond acceptors (Lipinski definition) is 5. The van der Waals surface area contributed by atoms with E-state index in [1.165, 1.54) is 0 Å². The van der Waals surface area contributed by atoms with E-state index in [0.717, 1.165) is 33.4 Å². The third-order valence-electron chi connectivity index (χ3n) is 4.95. The van der Waals surface area contributed by atoms with Crippen LogP contribution in [0.1, 0.15) is 5.56 Å². The number of fused-ring (bicyclic) bond motifs is 1. The van der Waals surface area contributed by atoms with Gasteiger partial charge < -0.3 is 4.74 Å². The second kappa shape index (κ2) is 8.20. The molecule has 0 fully saturated rings. The number of benzene rings is 2. The Kier molecular flexibility index (Phi) is 4.94. The molecule has 6 nitrogen and oxygen atoms in total. The average molecular weight is 406 g/mol. The Morgan fingerprint density at radius 2 is 1.65 bits per heavy atom. The maximum atomic E-state index is 12.9. The van der Waals surface area contributed by atoms with Crippen molar-refractivity contribution in [2.24, 2.45) is 0 Å². The molecule has 5 aromatic rings. The lowest BCUT2D eigenvalue weighted by molar-refractivity contribution is 0.293. The molecule has 31 heavy (non-hydrogen) atoms. The molecule has 0 bridgehead atoms. The zero-order valence-electron chi connectivity index (χ0n) is 16.6. The lowest BCUT2D eigenvalue weighted by Crippen LogP contribution is -2.18. The Bertz CT molecular complexity index is 1410. The number of hydrogen-bond donors (Lipinski definition) is 0. The number of aromatic nitrogens is 4. The SMILES string of the molecule is O=c1cc(COc2cnc3ccccc3n2)ccn1-c1ccccc1-c1ccncc1. The van der Waals surface area contributed by atoms with Crippen molar-refractivity contribution in [1.29, 1.82) is 0 Å². The molecule has 6 heteroatoms. The molecule has 0 aliphatic carbocycles. The second-order valence-corrected chi connectivity index (χ2v) is 6.98. The van der Waals surface area contributed by atoms with E-state index in [1.54, 1.807) is 35.4 Å². The van der Waals surface area contributed by atoms with E-state index in [2.05, 4.69) is 15.0 Å². The monoisotopic (exact) mass is 406 g/mol. The quantitative estimate of drug-likeness (QED) is 0.432. The summed E-state index contributed by atoms with van der Waals surface area (Å²) in [7, 11) is 0. The van der Waals surface area contributed by atoms with Gasteiger partial charge in [-0.2, -0.15) is 0 Å². The van der Waals surface area contributed by atoms with Gasteiger partial charge in [-0.3, -0.25) is 14.3 Å². The molecular formula is C25H18N4O2. The molecule has 3 heterocycles. The summed E-state index contributed by atoms with van der Waals surface area (Å²) in [6.07, 6.45) is 6.84. The summed E-state index contributed by atoms with van der Waals surface area (Å²) >= 11 is 0. The molecule has 0 atom stereocenters. The van der Waals surface area contributed by atoms with Crippen LogP contribution < -0.4 is 10.3 Å². The molecule has 3 aromatic heterocycles. The number of nitrogens with zero attached hydrogens (tertiary/aromatic N) is 4. The molecule has 2 aromatic carbocycles. The van der Waals surface area contributed by atoms with Gasteiger partial charge in [0.05, 0.1) is 22.9 Å². The third-order valence-corrected chi connectivity index (χ3v) is 4.95. The highest BCUT2D eigenvalue weighted by Gasteiger charge is 2.09. The highest BCUT2D eigenvalue weighted by molar-refractivity contribution is 5.74. The van der Waals surface area contributed by atoms with Gasteiger partial charge in [0.25, 0.3) is 5.56 Å². The fourth-order valence-electron chi connectivity index (χ4n) is 3.44. The summed E-state index contributed by atoms with van der Waals surface area (Å²) in [5, 5.41) is 0. The fraction of sp³-hybridized carbons (Fsp3) is 0.0400. The maximum absolute atomic E-state index is 12.9. The normalized spacial score (nSPS) is 10.8. The molecule has 0 unspecified atom stereocenters. The standard InChI is InChI=1S/C25H18N4O2/c30-25-15-18(17-31-24-16-27-21-6-2-3-7-22(21)28-24)11-14-29(25)23-8-4-1-5-20(23)19-9-12-26-13-10-19/h1-16H,17H2. The van der Waals surface area contributed by atoms with E-state index in [0.29, 0.717) is 5.88 Å². The first-order valence-corrected chi connectivity index (χ1v) is 9.84. The van der Waals surface area contributed by atoms with Crippen LogP contribution in [0.2, 0.25) is 0 Å². The van der Waals surface area contributed by atoms with Crippen LogP contribution in [-0.2, 0) is 6.61 Å². The summed E-state index contributed by atoms with van der Waals surface area (Å²) in [6.45, 7) is 0.231. The zero-order valence-corrected chi connectivity index (χ0v) is 16.6. The highest BCUT2D eigenvalue weighted by Crippen LogP contribution is 2.25. The number of ether oxygens (including phenoxy) is 1. The molecular weight excluding hydrogens is 388 g/mol. The second-order valence-electron chi connectivity index (χ2n) is 6.98. The first-order valence-electron chi connectivity index (χ1n) is 9.84. The minimum absolute atomic E-state index is 0.132. The number of rotatable bonds is 5. The first-order chi connectivity index (χ1) is 15.3. The van der Waals surface area contributed by atoms with Crippen LogP contribution in [0.4, 0.5) is 0 Å². The van der Waals surface area contributed by atoms with Crippen molar-refractivity contribution in [2.75, 3.05) is 0 Å².